The van der Waals surface area contributed by atoms with Gasteiger partial charge in [-0.25, -0.2) is 0 Å². The Morgan fingerprint density at radius 3 is 2.75 bits per heavy atom. The molecule has 0 unspecified atom stereocenters. The number of aryl methyl sites for hydroxylation is 1. The molecule has 3 rings (SSSR count). The van der Waals surface area contributed by atoms with E-state index in [2.05, 4.69) is 24.4 Å². The lowest BCUT2D eigenvalue weighted by Crippen LogP contribution is -2.15. The van der Waals surface area contributed by atoms with Crippen molar-refractivity contribution in [2.45, 2.75) is 32.4 Å². The van der Waals surface area contributed by atoms with Gasteiger partial charge in [0.15, 0.2) is 0 Å². The van der Waals surface area contributed by atoms with Crippen LogP contribution >= 0.6 is 11.6 Å². The monoisotopic (exact) mass is 287 g/mol. The van der Waals surface area contributed by atoms with Crippen LogP contribution in [0, 0.1) is 6.92 Å². The molecule has 0 radical (unpaired) electrons. The molecule has 0 heterocycles. The molecule has 0 spiro atoms. The molecule has 3 heteroatoms. The maximum absolute atomic E-state index is 5.96. The molecule has 0 amide bonds. The topological polar surface area (TPSA) is 21.3 Å². The van der Waals surface area contributed by atoms with Crippen molar-refractivity contribution in [3.63, 3.8) is 0 Å². The Morgan fingerprint density at radius 1 is 1.20 bits per heavy atom. The molecule has 2 aromatic carbocycles. The van der Waals surface area contributed by atoms with Gasteiger partial charge in [-0.3, -0.25) is 0 Å². The third-order valence-electron chi connectivity index (χ3n) is 3.44. The largest absolute Gasteiger partial charge is 0.457 e. The van der Waals surface area contributed by atoms with Crippen LogP contribution in [-0.4, -0.2) is 6.04 Å². The highest BCUT2D eigenvalue weighted by atomic mass is 35.5. The van der Waals surface area contributed by atoms with Crippen LogP contribution in [0.25, 0.3) is 0 Å². The molecule has 2 nitrogen and oxygen atoms in total. The fourth-order valence-electron chi connectivity index (χ4n) is 2.14. The van der Waals surface area contributed by atoms with E-state index in [-0.39, 0.29) is 0 Å². The minimum absolute atomic E-state index is 0.686. The highest BCUT2D eigenvalue weighted by Gasteiger charge is 2.19. The van der Waals surface area contributed by atoms with Crippen LogP contribution in [0.4, 0.5) is 0 Å². The zero-order valence-corrected chi connectivity index (χ0v) is 12.3. The second-order valence-corrected chi connectivity index (χ2v) is 5.75. The average Bonchev–Trinajstić information content (AvgIpc) is 3.23. The van der Waals surface area contributed by atoms with Crippen LogP contribution in [0.15, 0.2) is 42.5 Å². The highest BCUT2D eigenvalue weighted by Crippen LogP contribution is 2.28. The van der Waals surface area contributed by atoms with E-state index in [0.717, 1.165) is 29.6 Å². The molecule has 1 N–H and O–H groups in total. The maximum atomic E-state index is 5.96. The van der Waals surface area contributed by atoms with E-state index in [0.29, 0.717) is 5.02 Å². The molecule has 0 aliphatic heterocycles. The molecule has 1 fully saturated rings. The summed E-state index contributed by atoms with van der Waals surface area (Å²) in [7, 11) is 0. The van der Waals surface area contributed by atoms with E-state index in [9.17, 15) is 0 Å². The number of hydrogen-bond acceptors (Lipinski definition) is 2. The third kappa shape index (κ3) is 3.53. The van der Waals surface area contributed by atoms with Crippen molar-refractivity contribution in [3.8, 4) is 11.5 Å². The molecule has 1 aliphatic carbocycles. The van der Waals surface area contributed by atoms with Crippen LogP contribution in [0.3, 0.4) is 0 Å². The number of benzene rings is 2. The summed E-state index contributed by atoms with van der Waals surface area (Å²) in [6, 6.07) is 14.5. The second kappa shape index (κ2) is 5.86. The normalized spacial score (nSPS) is 14.3. The van der Waals surface area contributed by atoms with E-state index in [4.69, 9.17) is 16.3 Å². The number of hydrogen-bond donors (Lipinski definition) is 1. The first-order valence-corrected chi connectivity index (χ1v) is 7.35. The lowest BCUT2D eigenvalue weighted by atomic mass is 10.1. The minimum atomic E-state index is 0.686. The van der Waals surface area contributed by atoms with Crippen molar-refractivity contribution >= 4 is 11.6 Å². The first-order valence-electron chi connectivity index (χ1n) is 6.97. The zero-order valence-electron chi connectivity index (χ0n) is 11.5. The molecule has 1 aliphatic rings. The van der Waals surface area contributed by atoms with Crippen molar-refractivity contribution in [1.82, 2.24) is 5.32 Å². The van der Waals surface area contributed by atoms with Crippen molar-refractivity contribution in [2.24, 2.45) is 0 Å². The summed E-state index contributed by atoms with van der Waals surface area (Å²) in [6.07, 6.45) is 2.63. The lowest BCUT2D eigenvalue weighted by molar-refractivity contribution is 0.478. The fourth-order valence-corrected chi connectivity index (χ4v) is 2.32. The molecule has 2 aromatic rings. The van der Waals surface area contributed by atoms with Gasteiger partial charge in [0.1, 0.15) is 11.5 Å². The Balaban J connectivity index is 1.69. The molecule has 20 heavy (non-hydrogen) atoms. The molecular formula is C17H18ClNO. The Morgan fingerprint density at radius 2 is 2.05 bits per heavy atom. The SMILES string of the molecule is Cc1cc(CNC2CC2)ccc1Oc1cccc(Cl)c1. The summed E-state index contributed by atoms with van der Waals surface area (Å²) in [5.74, 6) is 1.65. The van der Waals surface area contributed by atoms with Gasteiger partial charge in [-0.2, -0.15) is 0 Å². The quantitative estimate of drug-likeness (QED) is 0.861. The predicted molar refractivity (Wildman–Crippen MR) is 82.6 cm³/mol. The van der Waals surface area contributed by atoms with Gasteiger partial charge >= 0.3 is 0 Å². The fraction of sp³-hybridized carbons (Fsp3) is 0.294. The highest BCUT2D eigenvalue weighted by molar-refractivity contribution is 6.30. The predicted octanol–water partition coefficient (Wildman–Crippen LogP) is 4.69. The summed E-state index contributed by atoms with van der Waals surface area (Å²) in [4.78, 5) is 0. The second-order valence-electron chi connectivity index (χ2n) is 5.31. The van der Waals surface area contributed by atoms with Crippen LogP contribution in [-0.2, 0) is 6.54 Å². The van der Waals surface area contributed by atoms with E-state index in [1.54, 1.807) is 0 Å². The Labute approximate surface area is 124 Å². The number of ether oxygens (including phenoxy) is 1. The summed E-state index contributed by atoms with van der Waals surface area (Å²) >= 11 is 5.96. The van der Waals surface area contributed by atoms with Gasteiger partial charge < -0.3 is 10.1 Å². The molecule has 1 saturated carbocycles. The number of rotatable bonds is 5. The standard InChI is InChI=1S/C17H18ClNO/c1-12-9-13(11-19-15-6-7-15)5-8-17(12)20-16-4-2-3-14(18)10-16/h2-5,8-10,15,19H,6-7,11H2,1H3. The van der Waals surface area contributed by atoms with E-state index >= 15 is 0 Å². The summed E-state index contributed by atoms with van der Waals surface area (Å²) in [6.45, 7) is 3.00. The van der Waals surface area contributed by atoms with Gasteiger partial charge in [0, 0.05) is 17.6 Å². The molecule has 0 bridgehead atoms. The molecule has 104 valence electrons. The summed E-state index contributed by atoms with van der Waals surface area (Å²) in [5.41, 5.74) is 2.44. The molecule has 0 aromatic heterocycles. The van der Waals surface area contributed by atoms with Crippen LogP contribution < -0.4 is 10.1 Å². The first kappa shape index (κ1) is 13.5. The Bertz CT molecular complexity index is 608. The number of halogens is 1. The van der Waals surface area contributed by atoms with Gasteiger partial charge in [0.2, 0.25) is 0 Å². The molecular weight excluding hydrogens is 270 g/mol. The van der Waals surface area contributed by atoms with Crippen LogP contribution in [0.2, 0.25) is 5.02 Å². The van der Waals surface area contributed by atoms with Crippen LogP contribution in [0.5, 0.6) is 11.5 Å². The average molecular weight is 288 g/mol. The van der Waals surface area contributed by atoms with Gasteiger partial charge in [-0.1, -0.05) is 29.8 Å². The van der Waals surface area contributed by atoms with Crippen molar-refractivity contribution in [2.75, 3.05) is 0 Å². The van der Waals surface area contributed by atoms with Crippen LogP contribution in [0.1, 0.15) is 24.0 Å². The Hall–Kier alpha value is -1.51. The molecule has 0 atom stereocenters. The van der Waals surface area contributed by atoms with Gasteiger partial charge in [-0.15, -0.1) is 0 Å². The van der Waals surface area contributed by atoms with Gasteiger partial charge in [0.25, 0.3) is 0 Å². The zero-order chi connectivity index (χ0) is 13.9. The van der Waals surface area contributed by atoms with Crippen molar-refractivity contribution in [1.29, 1.82) is 0 Å². The van der Waals surface area contributed by atoms with Gasteiger partial charge in [-0.05, 0) is 55.2 Å². The first-order chi connectivity index (χ1) is 9.70. The van der Waals surface area contributed by atoms with Crippen molar-refractivity contribution in [3.05, 3.63) is 58.6 Å². The van der Waals surface area contributed by atoms with Crippen molar-refractivity contribution < 1.29 is 4.74 Å². The molecule has 0 saturated heterocycles. The van der Waals surface area contributed by atoms with Gasteiger partial charge in [0.05, 0.1) is 0 Å². The Kier molecular flexibility index (Phi) is 3.95. The third-order valence-corrected chi connectivity index (χ3v) is 3.67. The smallest absolute Gasteiger partial charge is 0.130 e. The lowest BCUT2D eigenvalue weighted by Gasteiger charge is -2.11. The minimum Gasteiger partial charge on any atom is -0.457 e. The maximum Gasteiger partial charge on any atom is 0.130 e. The van der Waals surface area contributed by atoms with E-state index in [1.807, 2.05) is 30.3 Å². The van der Waals surface area contributed by atoms with E-state index < -0.39 is 0 Å². The van der Waals surface area contributed by atoms with E-state index in [1.165, 1.54) is 18.4 Å². The summed E-state index contributed by atoms with van der Waals surface area (Å²) in [5, 5.41) is 4.20. The summed E-state index contributed by atoms with van der Waals surface area (Å²) < 4.78 is 5.88. The number of nitrogens with one attached hydrogen (secondary N) is 1.